The number of ether oxygens (including phenoxy) is 1. The van der Waals surface area contributed by atoms with E-state index < -0.39 is 16.0 Å². The molecule has 3 N–H and O–H groups in total. The molecule has 0 aromatic heterocycles. The first-order chi connectivity index (χ1) is 11.8. The molecule has 0 saturated heterocycles. The van der Waals surface area contributed by atoms with Crippen molar-refractivity contribution in [3.05, 3.63) is 59.2 Å². The maximum Gasteiger partial charge on any atom is 0.338 e. The summed E-state index contributed by atoms with van der Waals surface area (Å²) in [5.41, 5.74) is 8.05. The molecule has 2 aromatic carbocycles. The van der Waals surface area contributed by atoms with E-state index >= 15 is 0 Å². The summed E-state index contributed by atoms with van der Waals surface area (Å²) in [7, 11) is -3.72. The number of rotatable bonds is 7. The molecule has 0 amide bonds. The van der Waals surface area contributed by atoms with Gasteiger partial charge in [0.05, 0.1) is 17.1 Å². The van der Waals surface area contributed by atoms with Crippen LogP contribution in [0.25, 0.3) is 0 Å². The second-order valence-electron chi connectivity index (χ2n) is 5.59. The second kappa shape index (κ2) is 9.56. The predicted molar refractivity (Wildman–Crippen MR) is 104 cm³/mol. The van der Waals surface area contributed by atoms with Crippen LogP contribution >= 0.6 is 12.4 Å². The molecule has 0 aliphatic carbocycles. The van der Waals surface area contributed by atoms with Crippen LogP contribution in [0.5, 0.6) is 0 Å². The van der Waals surface area contributed by atoms with Crippen molar-refractivity contribution in [2.45, 2.75) is 25.2 Å². The average molecular weight is 399 g/mol. The number of hydrogen-bond acceptors (Lipinski definition) is 5. The number of sulfonamides is 1. The summed E-state index contributed by atoms with van der Waals surface area (Å²) in [5, 5.41) is 0. The summed E-state index contributed by atoms with van der Waals surface area (Å²) in [6, 6.07) is 11.8. The SMILES string of the molecule is CCOC(=O)c1ccc(C)c(S(=O)(=O)NCCc2ccc(N)cc2)c1.Cl. The van der Waals surface area contributed by atoms with Crippen molar-refractivity contribution in [3.63, 3.8) is 0 Å². The maximum atomic E-state index is 12.5. The summed E-state index contributed by atoms with van der Waals surface area (Å²) in [4.78, 5) is 11.9. The van der Waals surface area contributed by atoms with E-state index in [1.54, 1.807) is 38.1 Å². The molecule has 142 valence electrons. The van der Waals surface area contributed by atoms with Crippen LogP contribution in [0.2, 0.25) is 0 Å². The van der Waals surface area contributed by atoms with Gasteiger partial charge in [0, 0.05) is 12.2 Å². The fraction of sp³-hybridized carbons (Fsp3) is 0.278. The molecule has 2 aromatic rings. The molecule has 0 aliphatic heterocycles. The summed E-state index contributed by atoms with van der Waals surface area (Å²) in [6.07, 6.45) is 0.538. The number of hydrogen-bond donors (Lipinski definition) is 2. The van der Waals surface area contributed by atoms with Gasteiger partial charge in [0.25, 0.3) is 0 Å². The van der Waals surface area contributed by atoms with Crippen LogP contribution in [-0.4, -0.2) is 27.5 Å². The summed E-state index contributed by atoms with van der Waals surface area (Å²) in [6.45, 7) is 3.86. The van der Waals surface area contributed by atoms with Crippen molar-refractivity contribution in [2.75, 3.05) is 18.9 Å². The molecule has 0 bridgehead atoms. The van der Waals surface area contributed by atoms with Crippen molar-refractivity contribution >= 4 is 34.1 Å². The Morgan fingerprint density at radius 3 is 2.42 bits per heavy atom. The topological polar surface area (TPSA) is 98.5 Å². The van der Waals surface area contributed by atoms with Gasteiger partial charge in [-0.05, 0) is 55.7 Å². The molecule has 0 fully saturated rings. The Hall–Kier alpha value is -2.09. The van der Waals surface area contributed by atoms with Gasteiger partial charge >= 0.3 is 5.97 Å². The first-order valence-electron chi connectivity index (χ1n) is 7.95. The lowest BCUT2D eigenvalue weighted by atomic mass is 10.1. The Kier molecular flexibility index (Phi) is 8.08. The van der Waals surface area contributed by atoms with Crippen molar-refractivity contribution < 1.29 is 17.9 Å². The molecule has 0 unspecified atom stereocenters. The standard InChI is InChI=1S/C18H22N2O4S.ClH/c1-3-24-18(21)15-7-4-13(2)17(12-15)25(22,23)20-11-10-14-5-8-16(19)9-6-14;/h4-9,12,20H,3,10-11,19H2,1-2H3;1H. The minimum Gasteiger partial charge on any atom is -0.462 e. The van der Waals surface area contributed by atoms with E-state index in [1.165, 1.54) is 6.07 Å². The number of esters is 1. The van der Waals surface area contributed by atoms with Crippen molar-refractivity contribution in [1.29, 1.82) is 0 Å². The van der Waals surface area contributed by atoms with Gasteiger partial charge in [0.2, 0.25) is 10.0 Å². The van der Waals surface area contributed by atoms with Crippen molar-refractivity contribution in [2.24, 2.45) is 0 Å². The van der Waals surface area contributed by atoms with Gasteiger partial charge in [-0.1, -0.05) is 18.2 Å². The molecular formula is C18H23ClN2O4S. The number of carbonyl (C=O) groups excluding carboxylic acids is 1. The van der Waals surface area contributed by atoms with E-state index in [0.29, 0.717) is 17.7 Å². The first-order valence-corrected chi connectivity index (χ1v) is 9.43. The Morgan fingerprint density at radius 1 is 1.15 bits per heavy atom. The number of carbonyl (C=O) groups is 1. The lowest BCUT2D eigenvalue weighted by Gasteiger charge is -2.11. The highest BCUT2D eigenvalue weighted by molar-refractivity contribution is 7.89. The summed E-state index contributed by atoms with van der Waals surface area (Å²) in [5.74, 6) is -0.541. The number of benzene rings is 2. The highest BCUT2D eigenvalue weighted by Gasteiger charge is 2.19. The molecule has 0 radical (unpaired) electrons. The Bertz CT molecular complexity index is 852. The minimum absolute atomic E-state index is 0. The van der Waals surface area contributed by atoms with Gasteiger partial charge < -0.3 is 10.5 Å². The van der Waals surface area contributed by atoms with E-state index in [4.69, 9.17) is 10.5 Å². The molecule has 6 nitrogen and oxygen atoms in total. The van der Waals surface area contributed by atoms with Gasteiger partial charge in [-0.25, -0.2) is 17.9 Å². The number of anilines is 1. The minimum atomic E-state index is -3.72. The molecule has 8 heteroatoms. The third-order valence-corrected chi connectivity index (χ3v) is 5.28. The largest absolute Gasteiger partial charge is 0.462 e. The van der Waals surface area contributed by atoms with Gasteiger partial charge in [0.1, 0.15) is 0 Å². The zero-order valence-corrected chi connectivity index (χ0v) is 16.3. The quantitative estimate of drug-likeness (QED) is 0.552. The number of aryl methyl sites for hydroxylation is 1. The van der Waals surface area contributed by atoms with Gasteiger partial charge in [-0.2, -0.15) is 0 Å². The molecule has 0 aliphatic rings. The van der Waals surface area contributed by atoms with Gasteiger partial charge in [-0.15, -0.1) is 12.4 Å². The van der Waals surface area contributed by atoms with Gasteiger partial charge in [0.15, 0.2) is 0 Å². The zero-order valence-electron chi connectivity index (χ0n) is 14.7. The van der Waals surface area contributed by atoms with E-state index in [0.717, 1.165) is 5.56 Å². The molecule has 0 saturated carbocycles. The van der Waals surface area contributed by atoms with Crippen LogP contribution < -0.4 is 10.5 Å². The molecule has 26 heavy (non-hydrogen) atoms. The fourth-order valence-electron chi connectivity index (χ4n) is 2.32. The van der Waals surface area contributed by atoms with Crippen molar-refractivity contribution in [3.8, 4) is 0 Å². The third-order valence-electron chi connectivity index (χ3n) is 3.67. The molecular weight excluding hydrogens is 376 g/mol. The lowest BCUT2D eigenvalue weighted by molar-refractivity contribution is 0.0526. The van der Waals surface area contributed by atoms with Crippen LogP contribution in [-0.2, 0) is 21.2 Å². The van der Waals surface area contributed by atoms with Crippen LogP contribution in [0.4, 0.5) is 5.69 Å². The van der Waals surface area contributed by atoms with Crippen LogP contribution in [0.1, 0.15) is 28.4 Å². The number of halogens is 1. The number of nitrogens with two attached hydrogens (primary N) is 1. The molecule has 0 atom stereocenters. The predicted octanol–water partition coefficient (Wildman–Crippen LogP) is 2.70. The smallest absolute Gasteiger partial charge is 0.338 e. The Balaban J connectivity index is 0.00000338. The number of nitrogen functional groups attached to an aromatic ring is 1. The normalized spacial score (nSPS) is 10.8. The zero-order chi connectivity index (χ0) is 18.4. The Morgan fingerprint density at radius 2 is 1.81 bits per heavy atom. The van der Waals surface area contributed by atoms with E-state index in [2.05, 4.69) is 4.72 Å². The average Bonchev–Trinajstić information content (AvgIpc) is 2.57. The first kappa shape index (κ1) is 22.0. The van der Waals surface area contributed by atoms with E-state index in [9.17, 15) is 13.2 Å². The van der Waals surface area contributed by atoms with Crippen LogP contribution in [0, 0.1) is 6.92 Å². The molecule has 2 rings (SSSR count). The highest BCUT2D eigenvalue weighted by atomic mass is 35.5. The fourth-order valence-corrected chi connectivity index (χ4v) is 3.62. The van der Waals surface area contributed by atoms with Crippen LogP contribution in [0.15, 0.2) is 47.4 Å². The summed E-state index contributed by atoms with van der Waals surface area (Å²) < 4.78 is 32.6. The summed E-state index contributed by atoms with van der Waals surface area (Å²) >= 11 is 0. The van der Waals surface area contributed by atoms with Crippen molar-refractivity contribution in [1.82, 2.24) is 4.72 Å². The maximum absolute atomic E-state index is 12.5. The number of nitrogens with one attached hydrogen (secondary N) is 1. The third kappa shape index (κ3) is 5.72. The highest BCUT2D eigenvalue weighted by Crippen LogP contribution is 2.18. The van der Waals surface area contributed by atoms with Crippen LogP contribution in [0.3, 0.4) is 0 Å². The van der Waals surface area contributed by atoms with E-state index in [1.807, 2.05) is 12.1 Å². The molecule has 0 spiro atoms. The molecule has 0 heterocycles. The second-order valence-corrected chi connectivity index (χ2v) is 7.33. The van der Waals surface area contributed by atoms with E-state index in [-0.39, 0.29) is 36.0 Å². The lowest BCUT2D eigenvalue weighted by Crippen LogP contribution is -2.27. The Labute approximate surface area is 160 Å². The van der Waals surface area contributed by atoms with Gasteiger partial charge in [-0.3, -0.25) is 0 Å². The monoisotopic (exact) mass is 398 g/mol.